The monoisotopic (exact) mass is 390 g/mol. The molecule has 2 heterocycles. The quantitative estimate of drug-likeness (QED) is 0.572. The number of rotatable bonds is 4. The van der Waals surface area contributed by atoms with Crippen molar-refractivity contribution in [1.82, 2.24) is 0 Å². The van der Waals surface area contributed by atoms with E-state index in [2.05, 4.69) is 13.8 Å². The second-order valence-corrected chi connectivity index (χ2v) is 8.17. The number of ether oxygens (including phenoxy) is 5. The van der Waals surface area contributed by atoms with Gasteiger partial charge in [-0.15, -0.1) is 0 Å². The number of hydrogen-bond donors (Lipinski definition) is 0. The second-order valence-electron chi connectivity index (χ2n) is 8.17. The van der Waals surface area contributed by atoms with E-state index in [1.165, 1.54) is 14.0 Å². The molecule has 0 aromatic heterocycles. The minimum Gasteiger partial charge on any atom is -0.496 e. The Morgan fingerprint density at radius 3 is 2.50 bits per heavy atom. The van der Waals surface area contributed by atoms with Gasteiger partial charge in [0.05, 0.1) is 14.2 Å². The Hall–Kier alpha value is -2.44. The molecule has 28 heavy (non-hydrogen) atoms. The van der Waals surface area contributed by atoms with Gasteiger partial charge in [0.25, 0.3) is 0 Å². The van der Waals surface area contributed by atoms with E-state index in [1.807, 2.05) is 0 Å². The lowest BCUT2D eigenvalue weighted by Gasteiger charge is -2.44. The summed E-state index contributed by atoms with van der Waals surface area (Å²) in [7, 11) is 3.11. The molecule has 1 saturated carbocycles. The largest absolute Gasteiger partial charge is 0.509 e. The van der Waals surface area contributed by atoms with Crippen LogP contribution in [0.3, 0.4) is 0 Å². The van der Waals surface area contributed by atoms with Crippen LogP contribution >= 0.6 is 0 Å². The molecule has 1 saturated heterocycles. The van der Waals surface area contributed by atoms with E-state index in [4.69, 9.17) is 23.7 Å². The Kier molecular flexibility index (Phi) is 4.43. The topological polar surface area (TPSA) is 80.3 Å². The van der Waals surface area contributed by atoms with Gasteiger partial charge in [-0.3, -0.25) is 4.79 Å². The van der Waals surface area contributed by atoms with Crippen molar-refractivity contribution in [2.75, 3.05) is 20.8 Å². The van der Waals surface area contributed by atoms with Crippen molar-refractivity contribution < 1.29 is 33.3 Å². The van der Waals surface area contributed by atoms with Gasteiger partial charge in [0.15, 0.2) is 11.4 Å². The molecule has 0 amide bonds. The first-order valence-electron chi connectivity index (χ1n) is 9.65. The van der Waals surface area contributed by atoms with Gasteiger partial charge in [-0.25, -0.2) is 4.79 Å². The van der Waals surface area contributed by atoms with E-state index >= 15 is 0 Å². The number of methoxy groups -OCH3 is 2. The van der Waals surface area contributed by atoms with Crippen LogP contribution in [0.1, 0.15) is 55.5 Å². The molecular weight excluding hydrogens is 364 g/mol. The van der Waals surface area contributed by atoms with E-state index in [1.54, 1.807) is 13.2 Å². The molecule has 4 atom stereocenters. The fraction of sp³-hybridized carbons (Fsp3) is 0.619. The Labute approximate surface area is 164 Å². The molecule has 4 rings (SSSR count). The lowest BCUT2D eigenvalue weighted by molar-refractivity contribution is -0.0842. The van der Waals surface area contributed by atoms with Crippen LogP contribution in [0.5, 0.6) is 17.2 Å². The average Bonchev–Trinajstić information content (AvgIpc) is 3.22. The number of ketones is 1. The van der Waals surface area contributed by atoms with E-state index < -0.39 is 17.9 Å². The zero-order chi connectivity index (χ0) is 20.2. The number of carbonyl (C=O) groups is 2. The summed E-state index contributed by atoms with van der Waals surface area (Å²) in [6.45, 7) is 6.00. The maximum absolute atomic E-state index is 12.5. The molecule has 3 aliphatic rings. The molecule has 1 aromatic rings. The molecule has 0 bridgehead atoms. The van der Waals surface area contributed by atoms with Gasteiger partial charge in [-0.1, -0.05) is 13.8 Å². The first-order valence-corrected chi connectivity index (χ1v) is 9.65. The summed E-state index contributed by atoms with van der Waals surface area (Å²) in [4.78, 5) is 24.3. The highest BCUT2D eigenvalue weighted by Gasteiger charge is 2.62. The minimum atomic E-state index is -0.849. The highest BCUT2D eigenvalue weighted by atomic mass is 16.8. The third-order valence-corrected chi connectivity index (χ3v) is 6.40. The average molecular weight is 390 g/mol. The van der Waals surface area contributed by atoms with Crippen LogP contribution in [0.15, 0.2) is 6.07 Å². The van der Waals surface area contributed by atoms with Gasteiger partial charge < -0.3 is 23.7 Å². The molecule has 1 spiro atoms. The predicted octanol–water partition coefficient (Wildman–Crippen LogP) is 3.72. The van der Waals surface area contributed by atoms with Crippen LogP contribution in [0.4, 0.5) is 4.79 Å². The Bertz CT molecular complexity index is 831. The predicted molar refractivity (Wildman–Crippen MR) is 99.4 cm³/mol. The van der Waals surface area contributed by atoms with Crippen molar-refractivity contribution in [3.63, 3.8) is 0 Å². The van der Waals surface area contributed by atoms with Crippen molar-refractivity contribution in [1.29, 1.82) is 0 Å². The Morgan fingerprint density at radius 2 is 1.96 bits per heavy atom. The van der Waals surface area contributed by atoms with Gasteiger partial charge in [-0.05, 0) is 31.6 Å². The van der Waals surface area contributed by atoms with Crippen LogP contribution in [0.2, 0.25) is 0 Å². The summed E-state index contributed by atoms with van der Waals surface area (Å²) < 4.78 is 28.3. The minimum absolute atomic E-state index is 0.0720. The van der Waals surface area contributed by atoms with Gasteiger partial charge in [0.2, 0.25) is 0 Å². The summed E-state index contributed by atoms with van der Waals surface area (Å²) >= 11 is 0. The fourth-order valence-electron chi connectivity index (χ4n) is 5.10. The summed E-state index contributed by atoms with van der Waals surface area (Å²) in [6.07, 6.45) is 0.418. The maximum Gasteiger partial charge on any atom is 0.509 e. The van der Waals surface area contributed by atoms with Crippen LogP contribution in [0.25, 0.3) is 0 Å². The standard InChI is InChI=1S/C21H26O7/c1-10(2)12-6-7-21(9-26-20(23)28-21)19-16(12)17-14(25-5)8-13(24-4)15(11(3)22)18(17)27-19/h8,10,12,16,19H,6-7,9H2,1-5H3/t12-,16+,19-,21+/m1/s1. The molecular formula is C21H26O7. The summed E-state index contributed by atoms with van der Waals surface area (Å²) in [6, 6.07) is 1.75. The zero-order valence-electron chi connectivity index (χ0n) is 16.9. The highest BCUT2D eigenvalue weighted by molar-refractivity contribution is 6.01. The third kappa shape index (κ3) is 2.55. The zero-order valence-corrected chi connectivity index (χ0v) is 16.9. The number of carbonyl (C=O) groups excluding carboxylic acids is 2. The first kappa shape index (κ1) is 18.9. The SMILES string of the molecule is COc1cc(OC)c2c(c1C(C)=O)O[C@@H]1[C@H]2[C@@H](C(C)C)CC[C@]12COC(=O)O2. The van der Waals surface area contributed by atoms with Gasteiger partial charge in [-0.2, -0.15) is 0 Å². The summed E-state index contributed by atoms with van der Waals surface area (Å²) in [5, 5.41) is 0. The summed E-state index contributed by atoms with van der Waals surface area (Å²) in [5.41, 5.74) is 0.410. The van der Waals surface area contributed by atoms with Crippen LogP contribution in [0, 0.1) is 11.8 Å². The van der Waals surface area contributed by atoms with E-state index in [9.17, 15) is 9.59 Å². The summed E-state index contributed by atoms with van der Waals surface area (Å²) in [5.74, 6) is 1.96. The van der Waals surface area contributed by atoms with E-state index in [-0.39, 0.29) is 18.3 Å². The Balaban J connectivity index is 1.93. The second kappa shape index (κ2) is 6.57. The van der Waals surface area contributed by atoms with E-state index in [0.717, 1.165) is 12.0 Å². The van der Waals surface area contributed by atoms with Gasteiger partial charge in [0, 0.05) is 17.5 Å². The third-order valence-electron chi connectivity index (χ3n) is 6.40. The number of fused-ring (bicyclic) bond motifs is 4. The normalized spacial score (nSPS) is 30.4. The van der Waals surface area contributed by atoms with Crippen molar-refractivity contribution in [3.8, 4) is 17.2 Å². The van der Waals surface area contributed by atoms with Gasteiger partial charge >= 0.3 is 6.16 Å². The molecule has 152 valence electrons. The molecule has 0 unspecified atom stereocenters. The number of cyclic esters (lactones) is 1. The van der Waals surface area contributed by atoms with Gasteiger partial charge in [0.1, 0.15) is 35.5 Å². The molecule has 0 N–H and O–H groups in total. The van der Waals surface area contributed by atoms with Crippen LogP contribution in [-0.4, -0.2) is 44.5 Å². The van der Waals surface area contributed by atoms with Crippen molar-refractivity contribution in [2.45, 2.75) is 51.2 Å². The van der Waals surface area contributed by atoms with Crippen molar-refractivity contribution >= 4 is 11.9 Å². The van der Waals surface area contributed by atoms with Crippen LogP contribution < -0.4 is 14.2 Å². The molecule has 2 fully saturated rings. The smallest absolute Gasteiger partial charge is 0.496 e. The molecule has 1 aromatic carbocycles. The lowest BCUT2D eigenvalue weighted by Crippen LogP contribution is -2.54. The molecule has 2 aliphatic heterocycles. The number of hydrogen-bond acceptors (Lipinski definition) is 7. The highest BCUT2D eigenvalue weighted by Crippen LogP contribution is 2.60. The van der Waals surface area contributed by atoms with Crippen molar-refractivity contribution in [3.05, 3.63) is 17.2 Å². The Morgan fingerprint density at radius 1 is 1.25 bits per heavy atom. The van der Waals surface area contributed by atoms with Crippen LogP contribution in [-0.2, 0) is 9.47 Å². The first-order chi connectivity index (χ1) is 13.3. The molecule has 0 radical (unpaired) electrons. The molecule has 1 aliphatic carbocycles. The fourth-order valence-corrected chi connectivity index (χ4v) is 5.10. The lowest BCUT2D eigenvalue weighted by atomic mass is 9.64. The molecule has 7 heteroatoms. The maximum atomic E-state index is 12.5. The number of benzene rings is 1. The number of Topliss-reactive ketones (excluding diaryl/α,β-unsaturated/α-hetero) is 1. The van der Waals surface area contributed by atoms with Crippen molar-refractivity contribution in [2.24, 2.45) is 11.8 Å². The molecule has 7 nitrogen and oxygen atoms in total. The van der Waals surface area contributed by atoms with E-state index in [0.29, 0.717) is 41.1 Å².